The largest absolute Gasteiger partial charge is 0.340 e. The van der Waals surface area contributed by atoms with E-state index in [1.165, 1.54) is 24.8 Å². The average molecular weight is 244 g/mol. The van der Waals surface area contributed by atoms with Crippen LogP contribution in [0.2, 0.25) is 0 Å². The number of aryl methyl sites for hydroxylation is 1. The van der Waals surface area contributed by atoms with Crippen molar-refractivity contribution >= 4 is 11.2 Å². The number of rotatable bonds is 3. The molecule has 0 saturated carbocycles. The first-order chi connectivity index (χ1) is 8.73. The predicted molar refractivity (Wildman–Crippen MR) is 72.7 cm³/mol. The summed E-state index contributed by atoms with van der Waals surface area (Å²) in [6, 6.07) is 2.13. The minimum atomic E-state index is 0.184. The highest BCUT2D eigenvalue weighted by Gasteiger charge is 2.37. The summed E-state index contributed by atoms with van der Waals surface area (Å²) in [7, 11) is 0. The van der Waals surface area contributed by atoms with Gasteiger partial charge in [-0.05, 0) is 37.9 Å². The Morgan fingerprint density at radius 1 is 1.44 bits per heavy atom. The number of aromatic amines is 1. The van der Waals surface area contributed by atoms with Crippen molar-refractivity contribution in [3.8, 4) is 0 Å². The average Bonchev–Trinajstić information content (AvgIpc) is 2.95. The Morgan fingerprint density at radius 2 is 2.33 bits per heavy atom. The van der Waals surface area contributed by atoms with Crippen molar-refractivity contribution in [1.82, 2.24) is 20.3 Å². The smallest absolute Gasteiger partial charge is 0.177 e. The maximum absolute atomic E-state index is 4.72. The number of pyridine rings is 1. The van der Waals surface area contributed by atoms with E-state index in [4.69, 9.17) is 4.98 Å². The van der Waals surface area contributed by atoms with Gasteiger partial charge in [-0.2, -0.15) is 0 Å². The lowest BCUT2D eigenvalue weighted by atomic mass is 9.82. The Kier molecular flexibility index (Phi) is 2.82. The van der Waals surface area contributed by atoms with Crippen LogP contribution in [-0.4, -0.2) is 28.0 Å². The van der Waals surface area contributed by atoms with E-state index in [0.717, 1.165) is 30.1 Å². The number of hydrogen-bond acceptors (Lipinski definition) is 3. The van der Waals surface area contributed by atoms with Gasteiger partial charge < -0.3 is 10.3 Å². The molecule has 3 heterocycles. The van der Waals surface area contributed by atoms with Gasteiger partial charge >= 0.3 is 0 Å². The molecule has 0 amide bonds. The zero-order valence-corrected chi connectivity index (χ0v) is 11.1. The number of imidazole rings is 1. The molecule has 1 aliphatic heterocycles. The summed E-state index contributed by atoms with van der Waals surface area (Å²) in [4.78, 5) is 12.6. The van der Waals surface area contributed by atoms with Crippen molar-refractivity contribution in [3.05, 3.63) is 23.7 Å². The third-order valence-corrected chi connectivity index (χ3v) is 3.95. The lowest BCUT2D eigenvalue weighted by Crippen LogP contribution is -2.30. The van der Waals surface area contributed by atoms with E-state index in [0.29, 0.717) is 0 Å². The van der Waals surface area contributed by atoms with Crippen LogP contribution in [0.5, 0.6) is 0 Å². The van der Waals surface area contributed by atoms with Crippen LogP contribution < -0.4 is 5.32 Å². The molecule has 0 aliphatic carbocycles. The second-order valence-electron chi connectivity index (χ2n) is 5.43. The van der Waals surface area contributed by atoms with Crippen molar-refractivity contribution in [2.45, 2.75) is 38.5 Å². The van der Waals surface area contributed by atoms with Crippen LogP contribution in [0.25, 0.3) is 11.2 Å². The van der Waals surface area contributed by atoms with Gasteiger partial charge in [0.05, 0.1) is 5.52 Å². The monoisotopic (exact) mass is 244 g/mol. The number of aromatic nitrogens is 3. The van der Waals surface area contributed by atoms with Crippen molar-refractivity contribution < 1.29 is 0 Å². The van der Waals surface area contributed by atoms with Crippen molar-refractivity contribution in [1.29, 1.82) is 0 Å². The molecular formula is C14H20N4. The Morgan fingerprint density at radius 3 is 3.06 bits per heavy atom. The first-order valence-electron chi connectivity index (χ1n) is 6.77. The minimum absolute atomic E-state index is 0.184. The summed E-state index contributed by atoms with van der Waals surface area (Å²) in [6.07, 6.45) is 5.41. The second-order valence-corrected chi connectivity index (χ2v) is 5.43. The highest BCUT2D eigenvalue weighted by atomic mass is 15.0. The Hall–Kier alpha value is -1.42. The molecule has 1 saturated heterocycles. The zero-order valence-electron chi connectivity index (χ0n) is 11.1. The van der Waals surface area contributed by atoms with Crippen LogP contribution in [0, 0.1) is 6.92 Å². The molecule has 2 aromatic rings. The molecule has 3 rings (SSSR count). The maximum Gasteiger partial charge on any atom is 0.177 e. The Labute approximate surface area is 107 Å². The fraction of sp³-hybridized carbons (Fsp3) is 0.571. The van der Waals surface area contributed by atoms with Crippen LogP contribution in [-0.2, 0) is 5.41 Å². The number of nitrogens with zero attached hydrogens (tertiary/aromatic N) is 2. The molecule has 1 atom stereocenters. The van der Waals surface area contributed by atoms with Crippen LogP contribution >= 0.6 is 0 Å². The molecule has 0 bridgehead atoms. The van der Waals surface area contributed by atoms with Gasteiger partial charge in [-0.15, -0.1) is 0 Å². The van der Waals surface area contributed by atoms with Gasteiger partial charge in [0.1, 0.15) is 5.82 Å². The third kappa shape index (κ3) is 1.81. The van der Waals surface area contributed by atoms with E-state index in [2.05, 4.69) is 35.2 Å². The summed E-state index contributed by atoms with van der Waals surface area (Å²) < 4.78 is 0. The predicted octanol–water partition coefficient (Wildman–Crippen LogP) is 2.30. The molecule has 18 heavy (non-hydrogen) atoms. The minimum Gasteiger partial charge on any atom is -0.340 e. The number of nitrogens with one attached hydrogen (secondary N) is 2. The molecule has 0 radical (unpaired) electrons. The van der Waals surface area contributed by atoms with Gasteiger partial charge in [-0.25, -0.2) is 9.97 Å². The summed E-state index contributed by atoms with van der Waals surface area (Å²) in [6.45, 7) is 6.42. The molecule has 2 aromatic heterocycles. The van der Waals surface area contributed by atoms with E-state index in [1.807, 2.05) is 6.20 Å². The standard InChI is InChI=1S/C14H20N4/c1-3-4-14(5-6-15-9-14)13-17-11-7-10(2)8-16-12(11)18-13/h7-8,15H,3-6,9H2,1-2H3,(H,16,17,18). The summed E-state index contributed by atoms with van der Waals surface area (Å²) in [5.74, 6) is 1.11. The number of hydrogen-bond donors (Lipinski definition) is 2. The van der Waals surface area contributed by atoms with E-state index in [1.54, 1.807) is 0 Å². The van der Waals surface area contributed by atoms with E-state index in [9.17, 15) is 0 Å². The fourth-order valence-corrected chi connectivity index (χ4v) is 3.01. The highest BCUT2D eigenvalue weighted by Crippen LogP contribution is 2.34. The number of fused-ring (bicyclic) bond motifs is 1. The van der Waals surface area contributed by atoms with Gasteiger partial charge in [0, 0.05) is 18.2 Å². The van der Waals surface area contributed by atoms with Gasteiger partial charge in [0.2, 0.25) is 0 Å². The highest BCUT2D eigenvalue weighted by molar-refractivity contribution is 5.71. The molecule has 4 heteroatoms. The van der Waals surface area contributed by atoms with Gasteiger partial charge in [-0.1, -0.05) is 13.3 Å². The molecule has 0 spiro atoms. The maximum atomic E-state index is 4.72. The lowest BCUT2D eigenvalue weighted by molar-refractivity contribution is 0.406. The van der Waals surface area contributed by atoms with Crippen LogP contribution in [0.15, 0.2) is 12.3 Å². The number of H-pyrrole nitrogens is 1. The van der Waals surface area contributed by atoms with Gasteiger partial charge in [-0.3, -0.25) is 0 Å². The Balaban J connectivity index is 2.06. The Bertz CT molecular complexity index is 552. The van der Waals surface area contributed by atoms with Crippen LogP contribution in [0.4, 0.5) is 0 Å². The molecule has 1 unspecified atom stereocenters. The first kappa shape index (κ1) is 11.7. The van der Waals surface area contributed by atoms with Crippen LogP contribution in [0.1, 0.15) is 37.6 Å². The van der Waals surface area contributed by atoms with E-state index >= 15 is 0 Å². The molecular weight excluding hydrogens is 224 g/mol. The van der Waals surface area contributed by atoms with Gasteiger partial charge in [0.25, 0.3) is 0 Å². The van der Waals surface area contributed by atoms with Gasteiger partial charge in [0.15, 0.2) is 5.65 Å². The van der Waals surface area contributed by atoms with Crippen molar-refractivity contribution in [3.63, 3.8) is 0 Å². The molecule has 1 aliphatic rings. The summed E-state index contributed by atoms with van der Waals surface area (Å²) in [5, 5.41) is 3.47. The molecule has 0 aromatic carbocycles. The van der Waals surface area contributed by atoms with Crippen molar-refractivity contribution in [2.75, 3.05) is 13.1 Å². The quantitative estimate of drug-likeness (QED) is 0.871. The molecule has 2 N–H and O–H groups in total. The second kappa shape index (κ2) is 4.35. The first-order valence-corrected chi connectivity index (χ1v) is 6.77. The SMILES string of the molecule is CCCC1(c2nc3ncc(C)cc3[nH]2)CCNC1. The normalized spacial score (nSPS) is 23.9. The topological polar surface area (TPSA) is 53.6 Å². The van der Waals surface area contributed by atoms with E-state index < -0.39 is 0 Å². The fourth-order valence-electron chi connectivity index (χ4n) is 3.01. The summed E-state index contributed by atoms with van der Waals surface area (Å²) in [5.41, 5.74) is 3.26. The molecule has 96 valence electrons. The van der Waals surface area contributed by atoms with E-state index in [-0.39, 0.29) is 5.41 Å². The van der Waals surface area contributed by atoms with Crippen molar-refractivity contribution in [2.24, 2.45) is 0 Å². The summed E-state index contributed by atoms with van der Waals surface area (Å²) >= 11 is 0. The lowest BCUT2D eigenvalue weighted by Gasteiger charge is -2.25. The zero-order chi connectivity index (χ0) is 12.6. The molecule has 1 fully saturated rings. The third-order valence-electron chi connectivity index (χ3n) is 3.95. The van der Waals surface area contributed by atoms with Crippen LogP contribution in [0.3, 0.4) is 0 Å². The molecule has 4 nitrogen and oxygen atoms in total.